The molecule has 0 radical (unpaired) electrons. The summed E-state index contributed by atoms with van der Waals surface area (Å²) in [5.74, 6) is -1.68. The molecular formula is C36H51N7O7S2. The van der Waals surface area contributed by atoms with Crippen molar-refractivity contribution in [3.05, 3.63) is 70.2 Å². The summed E-state index contributed by atoms with van der Waals surface area (Å²) in [6.07, 6.45) is -1.21. The van der Waals surface area contributed by atoms with Crippen LogP contribution in [0, 0.1) is 18.8 Å². The van der Waals surface area contributed by atoms with E-state index in [2.05, 4.69) is 15.6 Å². The number of phenols is 1. The minimum Gasteiger partial charge on any atom is -0.506 e. The number of urea groups is 1. The van der Waals surface area contributed by atoms with Crippen molar-refractivity contribution in [3.8, 4) is 5.75 Å². The van der Waals surface area contributed by atoms with Crippen LogP contribution in [0.2, 0.25) is 0 Å². The van der Waals surface area contributed by atoms with Crippen LogP contribution in [-0.2, 0) is 32.6 Å². The third kappa shape index (κ3) is 10.5. The molecule has 6 N–H and O–H groups in total. The van der Waals surface area contributed by atoms with Gasteiger partial charge in [0, 0.05) is 44.5 Å². The Hall–Kier alpha value is -4.09. The predicted molar refractivity (Wildman–Crippen MR) is 200 cm³/mol. The van der Waals surface area contributed by atoms with E-state index in [0.717, 1.165) is 20.6 Å². The van der Waals surface area contributed by atoms with E-state index in [9.17, 15) is 33.0 Å². The standard InChI is InChI=1S/C36H51N7O7S2/c1-23(2)19-42(52(49,50)28-11-12-31(44)30(18-28)39-33(46)13-14-37)21-32(45)29(17-26-9-7-6-8-10-26)40-35(47)34(24(3)4)43-16-15-41(36(43)48)20-27-22-51-25(5)38-27/h6-12,18,22-24,29,32,34,44-45H,13-17,19-21,37H2,1-5H3,(H,39,46)(H,40,47)/t29-,32-,34-/m0/s1. The van der Waals surface area contributed by atoms with Crippen molar-refractivity contribution in [1.82, 2.24) is 24.4 Å². The van der Waals surface area contributed by atoms with Crippen LogP contribution in [0.1, 0.15) is 50.4 Å². The summed E-state index contributed by atoms with van der Waals surface area (Å²) in [7, 11) is -4.28. The lowest BCUT2D eigenvalue weighted by Crippen LogP contribution is -2.57. The van der Waals surface area contributed by atoms with E-state index in [1.165, 1.54) is 29.5 Å². The Kier molecular flexibility index (Phi) is 14.2. The highest BCUT2D eigenvalue weighted by Gasteiger charge is 2.40. The van der Waals surface area contributed by atoms with Crippen LogP contribution < -0.4 is 16.4 Å². The molecule has 0 saturated carbocycles. The molecule has 14 nitrogen and oxygen atoms in total. The van der Waals surface area contributed by atoms with Gasteiger partial charge in [-0.2, -0.15) is 4.31 Å². The van der Waals surface area contributed by atoms with Crippen molar-refractivity contribution in [2.24, 2.45) is 17.6 Å². The maximum Gasteiger partial charge on any atom is 0.321 e. The van der Waals surface area contributed by atoms with Crippen molar-refractivity contribution in [3.63, 3.8) is 0 Å². The molecule has 0 unspecified atom stereocenters. The summed E-state index contributed by atoms with van der Waals surface area (Å²) in [6, 6.07) is 10.7. The van der Waals surface area contributed by atoms with Gasteiger partial charge in [0.1, 0.15) is 11.8 Å². The molecule has 3 atom stereocenters. The zero-order valence-corrected chi connectivity index (χ0v) is 32.0. The van der Waals surface area contributed by atoms with E-state index < -0.39 is 40.0 Å². The van der Waals surface area contributed by atoms with Crippen LogP contribution in [0.15, 0.2) is 58.8 Å². The molecule has 1 fully saturated rings. The number of hydrogen-bond acceptors (Lipinski definition) is 10. The summed E-state index contributed by atoms with van der Waals surface area (Å²) in [6.45, 7) is 10.1. The molecule has 4 amide bonds. The number of nitrogens with zero attached hydrogens (tertiary/aromatic N) is 4. The number of sulfonamides is 1. The Balaban J connectivity index is 1.59. The van der Waals surface area contributed by atoms with Crippen molar-refractivity contribution in [1.29, 1.82) is 0 Å². The number of phenolic OH excluding ortho intramolecular Hbond substituents is 1. The number of nitrogens with two attached hydrogens (primary N) is 1. The molecule has 284 valence electrons. The number of aliphatic hydroxyl groups excluding tert-OH is 1. The summed E-state index contributed by atoms with van der Waals surface area (Å²) in [5.41, 5.74) is 6.97. The van der Waals surface area contributed by atoms with E-state index in [4.69, 9.17) is 5.73 Å². The summed E-state index contributed by atoms with van der Waals surface area (Å²) >= 11 is 1.51. The normalized spacial score (nSPS) is 15.4. The number of aromatic nitrogens is 1. The van der Waals surface area contributed by atoms with Gasteiger partial charge in [0.25, 0.3) is 0 Å². The van der Waals surface area contributed by atoms with Crippen LogP contribution in [0.4, 0.5) is 10.5 Å². The number of anilines is 1. The Morgan fingerprint density at radius 3 is 2.40 bits per heavy atom. The Morgan fingerprint density at radius 2 is 1.79 bits per heavy atom. The smallest absolute Gasteiger partial charge is 0.321 e. The number of benzene rings is 2. The van der Waals surface area contributed by atoms with Gasteiger partial charge in [-0.25, -0.2) is 18.2 Å². The maximum atomic E-state index is 14.1. The van der Waals surface area contributed by atoms with E-state index in [1.54, 1.807) is 9.80 Å². The van der Waals surface area contributed by atoms with Crippen LogP contribution in [0.3, 0.4) is 0 Å². The second kappa shape index (κ2) is 18.1. The monoisotopic (exact) mass is 757 g/mol. The largest absolute Gasteiger partial charge is 0.506 e. The first-order valence-electron chi connectivity index (χ1n) is 17.4. The van der Waals surface area contributed by atoms with Crippen LogP contribution >= 0.6 is 11.3 Å². The van der Waals surface area contributed by atoms with Crippen molar-refractivity contribution >= 4 is 44.9 Å². The molecule has 1 saturated heterocycles. The first-order chi connectivity index (χ1) is 24.6. The number of aromatic hydroxyl groups is 1. The number of carbonyl (C=O) groups excluding carboxylic acids is 3. The zero-order valence-electron chi connectivity index (χ0n) is 30.4. The van der Waals surface area contributed by atoms with Gasteiger partial charge in [0.2, 0.25) is 21.8 Å². The highest BCUT2D eigenvalue weighted by molar-refractivity contribution is 7.89. The minimum atomic E-state index is -4.28. The highest BCUT2D eigenvalue weighted by atomic mass is 32.2. The minimum absolute atomic E-state index is 0.0231. The van der Waals surface area contributed by atoms with Crippen molar-refractivity contribution in [2.75, 3.05) is 38.0 Å². The lowest BCUT2D eigenvalue weighted by Gasteiger charge is -2.34. The van der Waals surface area contributed by atoms with E-state index >= 15 is 0 Å². The molecule has 0 aliphatic carbocycles. The number of rotatable bonds is 18. The molecule has 1 aromatic heterocycles. The number of nitrogens with one attached hydrogen (secondary N) is 2. The summed E-state index contributed by atoms with van der Waals surface area (Å²) < 4.78 is 29.4. The van der Waals surface area contributed by atoms with E-state index in [0.29, 0.717) is 19.6 Å². The third-order valence-corrected chi connectivity index (χ3v) is 11.3. The Morgan fingerprint density at radius 1 is 1.08 bits per heavy atom. The van der Waals surface area contributed by atoms with E-state index in [1.807, 2.05) is 70.3 Å². The molecule has 52 heavy (non-hydrogen) atoms. The molecular weight excluding hydrogens is 707 g/mol. The number of aryl methyl sites for hydroxylation is 1. The number of amides is 4. The number of carbonyl (C=O) groups is 3. The van der Waals surface area contributed by atoms with Crippen LogP contribution in [0.25, 0.3) is 0 Å². The average molecular weight is 758 g/mol. The van der Waals surface area contributed by atoms with Gasteiger partial charge in [-0.15, -0.1) is 11.3 Å². The van der Waals surface area contributed by atoms with Gasteiger partial charge in [-0.05, 0) is 48.9 Å². The summed E-state index contributed by atoms with van der Waals surface area (Å²) in [4.78, 5) is 47.4. The highest BCUT2D eigenvalue weighted by Crippen LogP contribution is 2.29. The van der Waals surface area contributed by atoms with Crippen LogP contribution in [0.5, 0.6) is 5.75 Å². The van der Waals surface area contributed by atoms with Gasteiger partial charge < -0.3 is 36.4 Å². The number of thiazole rings is 1. The Bertz CT molecular complexity index is 1790. The van der Waals surface area contributed by atoms with Crippen LogP contribution in [-0.4, -0.2) is 106 Å². The molecule has 1 aliphatic rings. The van der Waals surface area contributed by atoms with Gasteiger partial charge in [-0.1, -0.05) is 58.0 Å². The molecule has 16 heteroatoms. The second-order valence-electron chi connectivity index (χ2n) is 13.8. The van der Waals surface area contributed by atoms with Gasteiger partial charge in [0.05, 0.1) is 40.0 Å². The number of hydrogen-bond donors (Lipinski definition) is 5. The number of aliphatic hydroxyl groups is 1. The fourth-order valence-corrected chi connectivity index (χ4v) is 8.44. The second-order valence-corrected chi connectivity index (χ2v) is 16.8. The predicted octanol–water partition coefficient (Wildman–Crippen LogP) is 3.14. The SMILES string of the molecule is Cc1nc(CN2CCN([C@H](C(=O)N[C@@H](Cc3ccccc3)[C@@H](O)CN(CC(C)C)S(=O)(=O)c3ccc(O)c(NC(=O)CCN)c3)C(C)C)C2=O)cs1. The first-order valence-corrected chi connectivity index (χ1v) is 19.7. The van der Waals surface area contributed by atoms with Gasteiger partial charge in [0.15, 0.2) is 0 Å². The quantitative estimate of drug-likeness (QED) is 0.121. The summed E-state index contributed by atoms with van der Waals surface area (Å²) in [5, 5.41) is 30.4. The fourth-order valence-electron chi connectivity index (χ4n) is 6.19. The van der Waals surface area contributed by atoms with E-state index in [-0.39, 0.29) is 66.7 Å². The molecule has 2 aromatic carbocycles. The molecule has 3 aromatic rings. The molecule has 4 rings (SSSR count). The van der Waals surface area contributed by atoms with Gasteiger partial charge >= 0.3 is 6.03 Å². The lowest BCUT2D eigenvalue weighted by molar-refractivity contribution is -0.128. The third-order valence-electron chi connectivity index (χ3n) is 8.68. The molecule has 0 bridgehead atoms. The first kappa shape index (κ1) is 40.7. The zero-order chi connectivity index (χ0) is 38.2. The fraction of sp³-hybridized carbons (Fsp3) is 0.500. The van der Waals surface area contributed by atoms with Gasteiger partial charge in [-0.3, -0.25) is 9.59 Å². The van der Waals surface area contributed by atoms with Crippen molar-refractivity contribution < 1.29 is 33.0 Å². The maximum absolute atomic E-state index is 14.1. The molecule has 2 heterocycles. The topological polar surface area (TPSA) is 198 Å². The lowest BCUT2D eigenvalue weighted by atomic mass is 9.97. The Labute approximate surface area is 310 Å². The average Bonchev–Trinajstić information content (AvgIpc) is 3.65. The molecule has 0 spiro atoms. The molecule has 1 aliphatic heterocycles. The van der Waals surface area contributed by atoms with Crippen molar-refractivity contribution in [2.45, 2.75) is 77.1 Å².